The Kier molecular flexibility index (Phi) is 5.18. The number of hydrogen-bond donors (Lipinski definition) is 1. The molecular formula is C19H22N2O4S. The summed E-state index contributed by atoms with van der Waals surface area (Å²) in [5.41, 5.74) is 3.11. The van der Waals surface area contributed by atoms with Crippen LogP contribution in [0.15, 0.2) is 42.5 Å². The van der Waals surface area contributed by atoms with Crippen LogP contribution < -0.4 is 14.4 Å². The fourth-order valence-electron chi connectivity index (χ4n) is 3.02. The molecule has 26 heavy (non-hydrogen) atoms. The highest BCUT2D eigenvalue weighted by Crippen LogP contribution is 2.31. The Labute approximate surface area is 153 Å². The predicted molar refractivity (Wildman–Crippen MR) is 102 cm³/mol. The summed E-state index contributed by atoms with van der Waals surface area (Å²) in [6, 6.07) is 12.8. The zero-order chi connectivity index (χ0) is 18.7. The summed E-state index contributed by atoms with van der Waals surface area (Å²) in [4.78, 5) is 12.2. The van der Waals surface area contributed by atoms with Crippen LogP contribution in [-0.4, -0.2) is 33.7 Å². The van der Waals surface area contributed by atoms with Crippen LogP contribution in [0.1, 0.15) is 17.5 Å². The number of carbonyl (C=O) groups excluding carboxylic acids is 1. The van der Waals surface area contributed by atoms with Crippen LogP contribution in [0.5, 0.6) is 5.75 Å². The van der Waals surface area contributed by atoms with Crippen molar-refractivity contribution in [3.8, 4) is 5.75 Å². The fraction of sp³-hybridized carbons (Fsp3) is 0.316. The number of nitrogens with one attached hydrogen (secondary N) is 1. The molecular weight excluding hydrogens is 352 g/mol. The second-order valence-corrected chi connectivity index (χ2v) is 8.29. The molecule has 1 heterocycles. The number of hydrogen-bond acceptors (Lipinski definition) is 4. The van der Waals surface area contributed by atoms with Gasteiger partial charge in [-0.2, -0.15) is 0 Å². The molecule has 0 radical (unpaired) electrons. The molecule has 0 spiro atoms. The number of aryl methyl sites for hydroxylation is 2. The molecule has 1 aliphatic rings. The van der Waals surface area contributed by atoms with E-state index in [-0.39, 0.29) is 12.5 Å². The highest BCUT2D eigenvalue weighted by molar-refractivity contribution is 7.92. The second-order valence-electron chi connectivity index (χ2n) is 6.38. The van der Waals surface area contributed by atoms with Gasteiger partial charge in [-0.05, 0) is 49.1 Å². The maximum absolute atomic E-state index is 12.2. The summed E-state index contributed by atoms with van der Waals surface area (Å²) in [5, 5.41) is 2.77. The van der Waals surface area contributed by atoms with Gasteiger partial charge in [0.15, 0.2) is 6.61 Å². The minimum absolute atomic E-state index is 0.113. The van der Waals surface area contributed by atoms with Crippen LogP contribution in [0, 0.1) is 6.92 Å². The lowest BCUT2D eigenvalue weighted by atomic mass is 10.0. The lowest BCUT2D eigenvalue weighted by molar-refractivity contribution is -0.118. The summed E-state index contributed by atoms with van der Waals surface area (Å²) in [5.74, 6) is 0.367. The fourth-order valence-corrected chi connectivity index (χ4v) is 4.01. The largest absolute Gasteiger partial charge is 0.483 e. The Hall–Kier alpha value is -2.54. The van der Waals surface area contributed by atoms with Gasteiger partial charge in [-0.25, -0.2) is 8.42 Å². The van der Waals surface area contributed by atoms with E-state index in [0.29, 0.717) is 23.7 Å². The average molecular weight is 374 g/mol. The van der Waals surface area contributed by atoms with Crippen LogP contribution in [0.2, 0.25) is 0 Å². The molecule has 0 saturated heterocycles. The van der Waals surface area contributed by atoms with Gasteiger partial charge in [0, 0.05) is 12.2 Å². The summed E-state index contributed by atoms with van der Waals surface area (Å²) < 4.78 is 30.9. The lowest BCUT2D eigenvalue weighted by Gasteiger charge is -2.29. The lowest BCUT2D eigenvalue weighted by Crippen LogP contribution is -2.34. The standard InChI is InChI=1S/C19H22N2O4S/c1-14-6-3-4-8-18(14)25-13-19(22)20-16-10-9-15-7-5-11-21(17(15)12-16)26(2,23)24/h3-4,6,8-10,12H,5,7,11,13H2,1-2H3,(H,20,22). The maximum atomic E-state index is 12.2. The third-order valence-electron chi connectivity index (χ3n) is 4.30. The van der Waals surface area contributed by atoms with Crippen molar-refractivity contribution in [3.63, 3.8) is 0 Å². The maximum Gasteiger partial charge on any atom is 0.262 e. The number of rotatable bonds is 5. The minimum Gasteiger partial charge on any atom is -0.483 e. The van der Waals surface area contributed by atoms with E-state index in [1.807, 2.05) is 37.3 Å². The van der Waals surface area contributed by atoms with Gasteiger partial charge in [-0.3, -0.25) is 9.10 Å². The summed E-state index contributed by atoms with van der Waals surface area (Å²) in [7, 11) is -3.34. The van der Waals surface area contributed by atoms with E-state index >= 15 is 0 Å². The van der Waals surface area contributed by atoms with Crippen molar-refractivity contribution in [2.45, 2.75) is 19.8 Å². The Morgan fingerprint density at radius 2 is 2.00 bits per heavy atom. The zero-order valence-corrected chi connectivity index (χ0v) is 15.7. The third kappa shape index (κ3) is 4.16. The number of amides is 1. The normalized spacial score (nSPS) is 13.8. The third-order valence-corrected chi connectivity index (χ3v) is 5.48. The molecule has 0 aromatic heterocycles. The average Bonchev–Trinajstić information content (AvgIpc) is 2.59. The monoisotopic (exact) mass is 374 g/mol. The quantitative estimate of drug-likeness (QED) is 0.873. The molecule has 2 aromatic rings. The molecule has 0 unspecified atom stereocenters. The first-order valence-corrected chi connectivity index (χ1v) is 10.3. The highest BCUT2D eigenvalue weighted by Gasteiger charge is 2.24. The Bertz CT molecular complexity index is 925. The summed E-state index contributed by atoms with van der Waals surface area (Å²) in [6.07, 6.45) is 2.81. The summed E-state index contributed by atoms with van der Waals surface area (Å²) >= 11 is 0. The predicted octanol–water partition coefficient (Wildman–Crippen LogP) is 2.72. The second kappa shape index (κ2) is 7.37. The molecule has 2 aromatic carbocycles. The smallest absolute Gasteiger partial charge is 0.262 e. The van der Waals surface area contributed by atoms with Crippen molar-refractivity contribution in [2.24, 2.45) is 0 Å². The number of benzene rings is 2. The van der Waals surface area contributed by atoms with Gasteiger partial charge < -0.3 is 10.1 Å². The first kappa shape index (κ1) is 18.3. The molecule has 7 heteroatoms. The number of carbonyl (C=O) groups is 1. The zero-order valence-electron chi connectivity index (χ0n) is 14.9. The van der Waals surface area contributed by atoms with E-state index in [0.717, 1.165) is 24.0 Å². The Balaban J connectivity index is 1.70. The first-order valence-electron chi connectivity index (χ1n) is 8.43. The summed E-state index contributed by atoms with van der Waals surface area (Å²) in [6.45, 7) is 2.26. The van der Waals surface area contributed by atoms with Gasteiger partial charge in [0.1, 0.15) is 5.75 Å². The van der Waals surface area contributed by atoms with Crippen molar-refractivity contribution in [1.29, 1.82) is 0 Å². The number of para-hydroxylation sites is 1. The number of fused-ring (bicyclic) bond motifs is 1. The van der Waals surface area contributed by atoms with Crippen molar-refractivity contribution in [2.75, 3.05) is 29.0 Å². The minimum atomic E-state index is -3.34. The van der Waals surface area contributed by atoms with E-state index < -0.39 is 10.0 Å². The molecule has 0 bridgehead atoms. The van der Waals surface area contributed by atoms with Gasteiger partial charge in [0.2, 0.25) is 10.0 Å². The van der Waals surface area contributed by atoms with Crippen molar-refractivity contribution < 1.29 is 17.9 Å². The molecule has 0 aliphatic carbocycles. The van der Waals surface area contributed by atoms with Crippen molar-refractivity contribution >= 4 is 27.3 Å². The van der Waals surface area contributed by atoms with Gasteiger partial charge in [0.05, 0.1) is 11.9 Å². The molecule has 1 N–H and O–H groups in total. The molecule has 1 aliphatic heterocycles. The molecule has 6 nitrogen and oxygen atoms in total. The molecule has 1 amide bonds. The highest BCUT2D eigenvalue weighted by atomic mass is 32.2. The van der Waals surface area contributed by atoms with Gasteiger partial charge in [-0.1, -0.05) is 24.3 Å². The van der Waals surface area contributed by atoms with E-state index in [4.69, 9.17) is 4.74 Å². The number of anilines is 2. The van der Waals surface area contributed by atoms with Crippen molar-refractivity contribution in [3.05, 3.63) is 53.6 Å². The number of sulfonamides is 1. The van der Waals surface area contributed by atoms with Crippen LogP contribution >= 0.6 is 0 Å². The van der Waals surface area contributed by atoms with Crippen LogP contribution in [0.3, 0.4) is 0 Å². The van der Waals surface area contributed by atoms with Gasteiger partial charge in [-0.15, -0.1) is 0 Å². The van der Waals surface area contributed by atoms with E-state index in [1.165, 1.54) is 10.6 Å². The van der Waals surface area contributed by atoms with Crippen molar-refractivity contribution in [1.82, 2.24) is 0 Å². The number of ether oxygens (including phenoxy) is 1. The first-order chi connectivity index (χ1) is 12.3. The Morgan fingerprint density at radius 3 is 2.73 bits per heavy atom. The van der Waals surface area contributed by atoms with Crippen LogP contribution in [0.25, 0.3) is 0 Å². The van der Waals surface area contributed by atoms with E-state index in [1.54, 1.807) is 12.1 Å². The van der Waals surface area contributed by atoms with Crippen LogP contribution in [-0.2, 0) is 21.2 Å². The molecule has 0 atom stereocenters. The molecule has 138 valence electrons. The number of nitrogens with zero attached hydrogens (tertiary/aromatic N) is 1. The molecule has 0 fully saturated rings. The molecule has 3 rings (SSSR count). The van der Waals surface area contributed by atoms with Crippen LogP contribution in [0.4, 0.5) is 11.4 Å². The van der Waals surface area contributed by atoms with Gasteiger partial charge in [0.25, 0.3) is 5.91 Å². The van der Waals surface area contributed by atoms with E-state index in [2.05, 4.69) is 5.32 Å². The van der Waals surface area contributed by atoms with E-state index in [9.17, 15) is 13.2 Å². The van der Waals surface area contributed by atoms with Gasteiger partial charge >= 0.3 is 0 Å². The SMILES string of the molecule is Cc1ccccc1OCC(=O)Nc1ccc2c(c1)N(S(C)(=O)=O)CCC2. The Morgan fingerprint density at radius 1 is 1.23 bits per heavy atom. The molecule has 0 saturated carbocycles. The topological polar surface area (TPSA) is 75.7 Å².